The van der Waals surface area contributed by atoms with Crippen molar-refractivity contribution < 1.29 is 4.74 Å². The van der Waals surface area contributed by atoms with E-state index in [1.165, 1.54) is 16.8 Å². The largest absolute Gasteiger partial charge is 0.495 e. The number of ether oxygens (including phenoxy) is 1. The monoisotopic (exact) mass is 417 g/mol. The van der Waals surface area contributed by atoms with Gasteiger partial charge in [-0.3, -0.25) is 0 Å². The standard InChI is InChI=1S/C25H31N5O/c1-17(2)19-11-10-18(14-23(19)29(3)4)28-25-20-12-13-30(15-21(20)26-16-27-25)22-8-6-7-9-24(22)31-5/h6-11,14,16-17H,12-13,15H2,1-5H3,(H,26,27,28). The van der Waals surface area contributed by atoms with E-state index >= 15 is 0 Å². The molecule has 0 atom stereocenters. The molecule has 6 nitrogen and oxygen atoms in total. The van der Waals surface area contributed by atoms with Crippen LogP contribution in [0.1, 0.15) is 36.6 Å². The number of rotatable bonds is 6. The Morgan fingerprint density at radius 1 is 1.10 bits per heavy atom. The summed E-state index contributed by atoms with van der Waals surface area (Å²) in [5.41, 5.74) is 6.96. The van der Waals surface area contributed by atoms with E-state index < -0.39 is 0 Å². The number of nitrogens with one attached hydrogen (secondary N) is 1. The van der Waals surface area contributed by atoms with Crippen molar-refractivity contribution in [2.45, 2.75) is 32.7 Å². The highest BCUT2D eigenvalue weighted by atomic mass is 16.5. The topological polar surface area (TPSA) is 53.5 Å². The number of hydrogen-bond donors (Lipinski definition) is 1. The van der Waals surface area contributed by atoms with Crippen LogP contribution in [0, 0.1) is 0 Å². The number of para-hydroxylation sites is 2. The molecule has 0 radical (unpaired) electrons. The molecule has 2 aromatic carbocycles. The van der Waals surface area contributed by atoms with Gasteiger partial charge in [-0.2, -0.15) is 0 Å². The molecule has 0 unspecified atom stereocenters. The smallest absolute Gasteiger partial charge is 0.142 e. The number of methoxy groups -OCH3 is 1. The third kappa shape index (κ3) is 4.29. The van der Waals surface area contributed by atoms with E-state index in [9.17, 15) is 0 Å². The quantitative estimate of drug-likeness (QED) is 0.610. The molecule has 3 aromatic rings. The third-order valence-corrected chi connectivity index (χ3v) is 5.83. The minimum Gasteiger partial charge on any atom is -0.495 e. The van der Waals surface area contributed by atoms with E-state index in [1.807, 2.05) is 18.2 Å². The molecule has 1 aliphatic heterocycles. The Bertz CT molecular complexity index is 1060. The van der Waals surface area contributed by atoms with Crippen LogP contribution >= 0.6 is 0 Å². The third-order valence-electron chi connectivity index (χ3n) is 5.83. The van der Waals surface area contributed by atoms with Gasteiger partial charge in [0.25, 0.3) is 0 Å². The summed E-state index contributed by atoms with van der Waals surface area (Å²) in [6.45, 7) is 6.08. The zero-order valence-corrected chi connectivity index (χ0v) is 19.0. The predicted molar refractivity (Wildman–Crippen MR) is 128 cm³/mol. The first kappa shape index (κ1) is 21.0. The molecule has 1 N–H and O–H groups in total. The van der Waals surface area contributed by atoms with Crippen molar-refractivity contribution >= 4 is 22.9 Å². The molecule has 6 heteroatoms. The van der Waals surface area contributed by atoms with E-state index in [2.05, 4.69) is 77.3 Å². The molecule has 4 rings (SSSR count). The lowest BCUT2D eigenvalue weighted by atomic mass is 10.00. The Balaban J connectivity index is 1.60. The van der Waals surface area contributed by atoms with Crippen molar-refractivity contribution in [3.8, 4) is 5.75 Å². The van der Waals surface area contributed by atoms with Crippen LogP contribution in [0.3, 0.4) is 0 Å². The van der Waals surface area contributed by atoms with Crippen LogP contribution in [0.5, 0.6) is 5.75 Å². The molecular formula is C25H31N5O. The summed E-state index contributed by atoms with van der Waals surface area (Å²) in [5, 5.41) is 3.55. The lowest BCUT2D eigenvalue weighted by Crippen LogP contribution is -2.32. The second-order valence-corrected chi connectivity index (χ2v) is 8.44. The Morgan fingerprint density at radius 2 is 1.90 bits per heavy atom. The Morgan fingerprint density at radius 3 is 2.65 bits per heavy atom. The van der Waals surface area contributed by atoms with Crippen LogP contribution < -0.4 is 19.9 Å². The number of benzene rings is 2. The van der Waals surface area contributed by atoms with Gasteiger partial charge in [-0.05, 0) is 42.2 Å². The molecule has 0 bridgehead atoms. The van der Waals surface area contributed by atoms with E-state index in [4.69, 9.17) is 4.74 Å². The molecule has 0 fully saturated rings. The number of nitrogens with zero attached hydrogens (tertiary/aromatic N) is 4. The van der Waals surface area contributed by atoms with Gasteiger partial charge in [0.1, 0.15) is 17.9 Å². The molecule has 0 amide bonds. The minimum atomic E-state index is 0.472. The molecular weight excluding hydrogens is 386 g/mol. The van der Waals surface area contributed by atoms with Crippen molar-refractivity contribution in [1.82, 2.24) is 9.97 Å². The highest BCUT2D eigenvalue weighted by Gasteiger charge is 2.23. The Labute approximate surface area is 184 Å². The van der Waals surface area contributed by atoms with E-state index in [0.29, 0.717) is 5.92 Å². The highest BCUT2D eigenvalue weighted by molar-refractivity contribution is 5.69. The number of anilines is 4. The van der Waals surface area contributed by atoms with Crippen LogP contribution in [0.2, 0.25) is 0 Å². The molecule has 31 heavy (non-hydrogen) atoms. The van der Waals surface area contributed by atoms with Crippen molar-refractivity contribution in [2.75, 3.05) is 42.9 Å². The molecule has 0 spiro atoms. The fraction of sp³-hybridized carbons (Fsp3) is 0.360. The Hall–Kier alpha value is -3.28. The zero-order valence-electron chi connectivity index (χ0n) is 19.0. The summed E-state index contributed by atoms with van der Waals surface area (Å²) < 4.78 is 5.56. The molecule has 0 aliphatic carbocycles. The van der Waals surface area contributed by atoms with Gasteiger partial charge in [0.05, 0.1) is 25.0 Å². The van der Waals surface area contributed by atoms with Gasteiger partial charge in [-0.1, -0.05) is 32.0 Å². The van der Waals surface area contributed by atoms with E-state index in [-0.39, 0.29) is 0 Å². The molecule has 0 saturated carbocycles. The molecule has 162 valence electrons. The average Bonchev–Trinajstić information content (AvgIpc) is 2.78. The maximum Gasteiger partial charge on any atom is 0.142 e. The first-order valence-corrected chi connectivity index (χ1v) is 10.8. The van der Waals surface area contributed by atoms with Gasteiger partial charge in [0.15, 0.2) is 0 Å². The normalized spacial score (nSPS) is 13.2. The highest BCUT2D eigenvalue weighted by Crippen LogP contribution is 2.34. The van der Waals surface area contributed by atoms with E-state index in [1.54, 1.807) is 13.4 Å². The predicted octanol–water partition coefficient (Wildman–Crippen LogP) is 4.98. The van der Waals surface area contributed by atoms with Gasteiger partial charge in [-0.15, -0.1) is 0 Å². The molecule has 1 aliphatic rings. The fourth-order valence-corrected chi connectivity index (χ4v) is 4.19. The van der Waals surface area contributed by atoms with Crippen LogP contribution in [0.25, 0.3) is 0 Å². The van der Waals surface area contributed by atoms with Crippen molar-refractivity contribution in [2.24, 2.45) is 0 Å². The second-order valence-electron chi connectivity index (χ2n) is 8.44. The maximum absolute atomic E-state index is 5.56. The first-order valence-electron chi connectivity index (χ1n) is 10.8. The van der Waals surface area contributed by atoms with Gasteiger partial charge in [0.2, 0.25) is 0 Å². The average molecular weight is 418 g/mol. The van der Waals surface area contributed by atoms with Crippen LogP contribution in [0.4, 0.5) is 22.9 Å². The SMILES string of the molecule is COc1ccccc1N1CCc2c(ncnc2Nc2ccc(C(C)C)c(N(C)C)c2)C1. The van der Waals surface area contributed by atoms with Gasteiger partial charge in [-0.25, -0.2) is 9.97 Å². The van der Waals surface area contributed by atoms with Gasteiger partial charge >= 0.3 is 0 Å². The number of fused-ring (bicyclic) bond motifs is 1. The number of hydrogen-bond acceptors (Lipinski definition) is 6. The van der Waals surface area contributed by atoms with Gasteiger partial charge in [0, 0.05) is 37.6 Å². The van der Waals surface area contributed by atoms with Crippen LogP contribution in [-0.2, 0) is 13.0 Å². The summed E-state index contributed by atoms with van der Waals surface area (Å²) in [5.74, 6) is 2.26. The Kier molecular flexibility index (Phi) is 5.98. The van der Waals surface area contributed by atoms with E-state index in [0.717, 1.165) is 48.1 Å². The first-order chi connectivity index (χ1) is 15.0. The van der Waals surface area contributed by atoms with Crippen LogP contribution in [0.15, 0.2) is 48.8 Å². The molecule has 1 aromatic heterocycles. The fourth-order valence-electron chi connectivity index (χ4n) is 4.19. The molecule has 2 heterocycles. The summed E-state index contributed by atoms with van der Waals surface area (Å²) in [6.07, 6.45) is 2.53. The summed E-state index contributed by atoms with van der Waals surface area (Å²) in [6, 6.07) is 14.7. The summed E-state index contributed by atoms with van der Waals surface area (Å²) in [7, 11) is 5.89. The maximum atomic E-state index is 5.56. The summed E-state index contributed by atoms with van der Waals surface area (Å²) in [4.78, 5) is 13.7. The van der Waals surface area contributed by atoms with Crippen molar-refractivity contribution in [1.29, 1.82) is 0 Å². The lowest BCUT2D eigenvalue weighted by molar-refractivity contribution is 0.413. The van der Waals surface area contributed by atoms with Crippen LogP contribution in [-0.4, -0.2) is 37.7 Å². The molecule has 0 saturated heterocycles. The zero-order chi connectivity index (χ0) is 22.0. The minimum absolute atomic E-state index is 0.472. The second kappa shape index (κ2) is 8.84. The lowest BCUT2D eigenvalue weighted by Gasteiger charge is -2.31. The van der Waals surface area contributed by atoms with Gasteiger partial charge < -0.3 is 19.9 Å². The van der Waals surface area contributed by atoms with Crippen molar-refractivity contribution in [3.05, 3.63) is 65.6 Å². The number of aromatic nitrogens is 2. The summed E-state index contributed by atoms with van der Waals surface area (Å²) >= 11 is 0. The van der Waals surface area contributed by atoms with Crippen molar-refractivity contribution in [3.63, 3.8) is 0 Å².